The molecule has 0 heterocycles. The van der Waals surface area contributed by atoms with Gasteiger partial charge in [-0.2, -0.15) is 10.2 Å². The molecule has 0 saturated carbocycles. The van der Waals surface area contributed by atoms with E-state index in [1.165, 1.54) is 50.9 Å². The van der Waals surface area contributed by atoms with Gasteiger partial charge >= 0.3 is 6.03 Å². The van der Waals surface area contributed by atoms with Crippen molar-refractivity contribution in [3.05, 3.63) is 45.4 Å². The first-order valence-electron chi connectivity index (χ1n) is 7.60. The van der Waals surface area contributed by atoms with Gasteiger partial charge in [0.25, 0.3) is 0 Å². The van der Waals surface area contributed by atoms with Crippen molar-refractivity contribution in [2.75, 3.05) is 14.2 Å². The number of hydrogen-bond donors (Lipinski definition) is 4. The van der Waals surface area contributed by atoms with Gasteiger partial charge in [0.05, 0.1) is 36.7 Å². The number of halogens is 2. The summed E-state index contributed by atoms with van der Waals surface area (Å²) in [7, 11) is 2.76. The van der Waals surface area contributed by atoms with E-state index in [4.69, 9.17) is 32.7 Å². The van der Waals surface area contributed by atoms with Gasteiger partial charge in [0.2, 0.25) is 0 Å². The van der Waals surface area contributed by atoms with Crippen LogP contribution in [0.25, 0.3) is 0 Å². The minimum atomic E-state index is -0.707. The zero-order valence-corrected chi connectivity index (χ0v) is 16.2. The third-order valence-electron chi connectivity index (χ3n) is 3.30. The molecular weight excluding hydrogens is 411 g/mol. The summed E-state index contributed by atoms with van der Waals surface area (Å²) in [5, 5.41) is 27.0. The highest BCUT2D eigenvalue weighted by molar-refractivity contribution is 6.32. The number of methoxy groups -OCH3 is 2. The molecular formula is C17H16Cl2N4O5. The Morgan fingerprint density at radius 1 is 0.893 bits per heavy atom. The number of ether oxygens (including phenoxy) is 2. The van der Waals surface area contributed by atoms with Crippen molar-refractivity contribution in [1.82, 2.24) is 10.9 Å². The average molecular weight is 427 g/mol. The number of nitrogens with zero attached hydrogens (tertiary/aromatic N) is 2. The Morgan fingerprint density at radius 2 is 1.29 bits per heavy atom. The zero-order valence-electron chi connectivity index (χ0n) is 14.7. The molecule has 2 rings (SSSR count). The molecule has 0 aliphatic rings. The third kappa shape index (κ3) is 5.41. The summed E-state index contributed by atoms with van der Waals surface area (Å²) in [6.07, 6.45) is 2.61. The molecule has 2 amide bonds. The zero-order chi connectivity index (χ0) is 20.7. The summed E-state index contributed by atoms with van der Waals surface area (Å²) in [5.41, 5.74) is 5.39. The first kappa shape index (κ1) is 21.1. The number of hydrogen-bond acceptors (Lipinski definition) is 7. The molecule has 0 bridgehead atoms. The van der Waals surface area contributed by atoms with Gasteiger partial charge in [0.1, 0.15) is 0 Å². The number of phenolic OH excluding ortho intramolecular Hbond substituents is 2. The Bertz CT molecular complexity index is 861. The maximum atomic E-state index is 11.7. The molecule has 0 aromatic heterocycles. The summed E-state index contributed by atoms with van der Waals surface area (Å²) < 4.78 is 9.94. The number of urea groups is 1. The molecule has 28 heavy (non-hydrogen) atoms. The van der Waals surface area contributed by atoms with Crippen molar-refractivity contribution in [3.8, 4) is 23.0 Å². The van der Waals surface area contributed by atoms with Gasteiger partial charge in [-0.15, -0.1) is 0 Å². The monoisotopic (exact) mass is 426 g/mol. The highest BCUT2D eigenvalue weighted by atomic mass is 35.5. The molecule has 4 N–H and O–H groups in total. The number of carbonyl (C=O) groups excluding carboxylic acids is 1. The van der Waals surface area contributed by atoms with E-state index in [9.17, 15) is 15.0 Å². The van der Waals surface area contributed by atoms with Gasteiger partial charge in [0, 0.05) is 0 Å². The van der Waals surface area contributed by atoms with Gasteiger partial charge in [-0.05, 0) is 35.4 Å². The van der Waals surface area contributed by atoms with Crippen LogP contribution in [0.2, 0.25) is 10.0 Å². The summed E-state index contributed by atoms with van der Waals surface area (Å²) in [4.78, 5) is 11.7. The Labute approximate surface area is 170 Å². The van der Waals surface area contributed by atoms with Gasteiger partial charge in [-0.3, -0.25) is 0 Å². The molecule has 148 valence electrons. The number of benzene rings is 2. The van der Waals surface area contributed by atoms with E-state index in [0.29, 0.717) is 11.1 Å². The lowest BCUT2D eigenvalue weighted by Crippen LogP contribution is -2.28. The minimum Gasteiger partial charge on any atom is -0.503 e. The third-order valence-corrected chi connectivity index (χ3v) is 3.88. The second-order valence-corrected chi connectivity index (χ2v) is 5.99. The molecule has 9 nitrogen and oxygen atoms in total. The lowest BCUT2D eigenvalue weighted by molar-refractivity contribution is 0.242. The van der Waals surface area contributed by atoms with Crippen molar-refractivity contribution in [1.29, 1.82) is 0 Å². The second-order valence-electron chi connectivity index (χ2n) is 5.18. The minimum absolute atomic E-state index is 0.0813. The lowest BCUT2D eigenvalue weighted by atomic mass is 10.2. The Hall–Kier alpha value is -3.17. The lowest BCUT2D eigenvalue weighted by Gasteiger charge is -2.06. The molecule has 0 atom stereocenters. The van der Waals surface area contributed by atoms with Crippen molar-refractivity contribution >= 4 is 41.7 Å². The van der Waals surface area contributed by atoms with Crippen LogP contribution in [-0.4, -0.2) is 42.9 Å². The summed E-state index contributed by atoms with van der Waals surface area (Å²) in [5.74, 6) is -0.0309. The fraction of sp³-hybridized carbons (Fsp3) is 0.118. The van der Waals surface area contributed by atoms with E-state index in [-0.39, 0.29) is 33.0 Å². The van der Waals surface area contributed by atoms with Crippen LogP contribution in [0.15, 0.2) is 34.5 Å². The Kier molecular flexibility index (Phi) is 7.30. The van der Waals surface area contributed by atoms with E-state index in [1.54, 1.807) is 0 Å². The molecule has 0 spiro atoms. The number of aromatic hydroxyl groups is 2. The number of amides is 2. The van der Waals surface area contributed by atoms with Gasteiger partial charge in [0.15, 0.2) is 23.0 Å². The molecule has 2 aromatic rings. The molecule has 0 aliphatic carbocycles. The van der Waals surface area contributed by atoms with E-state index >= 15 is 0 Å². The topological polar surface area (TPSA) is 125 Å². The maximum Gasteiger partial charge on any atom is 0.355 e. The molecule has 11 heteroatoms. The molecule has 0 radical (unpaired) electrons. The molecule has 0 aliphatic heterocycles. The SMILES string of the molecule is COc1cc(/C=N/NC(=O)N/N=C/c2cc(Cl)c(O)c(OC)c2)cc(Cl)c1O. The number of nitrogens with one attached hydrogen (secondary N) is 2. The number of hydrazone groups is 2. The highest BCUT2D eigenvalue weighted by Gasteiger charge is 2.09. The van der Waals surface area contributed by atoms with Gasteiger partial charge in [-0.25, -0.2) is 15.6 Å². The smallest absolute Gasteiger partial charge is 0.355 e. The average Bonchev–Trinajstić information content (AvgIpc) is 2.67. The predicted octanol–water partition coefficient (Wildman–Crippen LogP) is 3.09. The first-order valence-corrected chi connectivity index (χ1v) is 8.36. The van der Waals surface area contributed by atoms with Crippen molar-refractivity contribution in [2.45, 2.75) is 0 Å². The molecule has 0 saturated heterocycles. The van der Waals surface area contributed by atoms with Crippen LogP contribution in [0, 0.1) is 0 Å². The van der Waals surface area contributed by atoms with Crippen LogP contribution in [0.3, 0.4) is 0 Å². The molecule has 2 aromatic carbocycles. The second kappa shape index (κ2) is 9.67. The summed E-state index contributed by atoms with van der Waals surface area (Å²) in [6, 6.07) is 5.17. The molecule has 0 unspecified atom stereocenters. The Balaban J connectivity index is 1.94. The first-order chi connectivity index (χ1) is 13.3. The van der Waals surface area contributed by atoms with Crippen LogP contribution in [0.4, 0.5) is 4.79 Å². The van der Waals surface area contributed by atoms with Gasteiger partial charge in [-0.1, -0.05) is 23.2 Å². The Morgan fingerprint density at radius 3 is 1.64 bits per heavy atom. The predicted molar refractivity (Wildman–Crippen MR) is 106 cm³/mol. The van der Waals surface area contributed by atoms with Crippen molar-refractivity contribution < 1.29 is 24.5 Å². The number of rotatable bonds is 6. The van der Waals surface area contributed by atoms with Crippen LogP contribution in [0.5, 0.6) is 23.0 Å². The number of carbonyl (C=O) groups is 1. The largest absolute Gasteiger partial charge is 0.503 e. The number of phenols is 2. The summed E-state index contributed by atoms with van der Waals surface area (Å²) >= 11 is 11.7. The normalized spacial score (nSPS) is 11.0. The van der Waals surface area contributed by atoms with Crippen LogP contribution in [-0.2, 0) is 0 Å². The summed E-state index contributed by atoms with van der Waals surface area (Å²) in [6.45, 7) is 0. The van der Waals surface area contributed by atoms with E-state index in [2.05, 4.69) is 21.1 Å². The van der Waals surface area contributed by atoms with E-state index < -0.39 is 6.03 Å². The van der Waals surface area contributed by atoms with Crippen LogP contribution >= 0.6 is 23.2 Å². The quantitative estimate of drug-likeness (QED) is 0.417. The van der Waals surface area contributed by atoms with Crippen LogP contribution in [0.1, 0.15) is 11.1 Å². The highest BCUT2D eigenvalue weighted by Crippen LogP contribution is 2.35. The van der Waals surface area contributed by atoms with Crippen LogP contribution < -0.4 is 20.3 Å². The maximum absolute atomic E-state index is 11.7. The fourth-order valence-electron chi connectivity index (χ4n) is 2.00. The molecule has 0 fully saturated rings. The standard InChI is InChI=1S/C17H16Cl2N4O5/c1-27-13-5-9(3-11(18)15(13)24)7-20-22-17(26)23-21-8-10-4-12(19)16(25)14(6-10)28-2/h3-8,24-25H,1-2H3,(H2,22,23,26)/b20-7+,21-8+. The van der Waals surface area contributed by atoms with Crippen molar-refractivity contribution in [2.24, 2.45) is 10.2 Å². The van der Waals surface area contributed by atoms with E-state index in [0.717, 1.165) is 0 Å². The fourth-order valence-corrected chi connectivity index (χ4v) is 2.44. The van der Waals surface area contributed by atoms with Crippen molar-refractivity contribution in [3.63, 3.8) is 0 Å². The van der Waals surface area contributed by atoms with E-state index in [1.807, 2.05) is 0 Å². The van der Waals surface area contributed by atoms with Gasteiger partial charge < -0.3 is 19.7 Å².